The van der Waals surface area contributed by atoms with E-state index in [0.717, 1.165) is 0 Å². The van der Waals surface area contributed by atoms with Crippen molar-refractivity contribution >= 4 is 23.6 Å². The lowest BCUT2D eigenvalue weighted by Crippen LogP contribution is -2.30. The normalized spacial score (nSPS) is 9.73. The van der Waals surface area contributed by atoms with E-state index in [1.807, 2.05) is 0 Å². The summed E-state index contributed by atoms with van der Waals surface area (Å²) < 4.78 is 0. The number of carbonyl (C=O) groups excluding carboxylic acids is 2. The fourth-order valence-electron chi connectivity index (χ4n) is 0.729. The second-order valence-electron chi connectivity index (χ2n) is 2.64. The van der Waals surface area contributed by atoms with Gasteiger partial charge in [0.15, 0.2) is 0 Å². The number of thioether (sulfide) groups is 1. The molecule has 88 valence electrons. The first-order valence-electron chi connectivity index (χ1n) is 4.53. The number of hydrogen-bond acceptors (Lipinski definition) is 5. The predicted molar refractivity (Wildman–Crippen MR) is 57.5 cm³/mol. The van der Waals surface area contributed by atoms with E-state index in [1.54, 1.807) is 0 Å². The van der Waals surface area contributed by atoms with E-state index in [9.17, 15) is 9.59 Å². The molecule has 15 heavy (non-hydrogen) atoms. The minimum absolute atomic E-state index is 0.0899. The van der Waals surface area contributed by atoms with E-state index in [0.29, 0.717) is 0 Å². The zero-order valence-electron chi connectivity index (χ0n) is 8.36. The molecule has 4 N–H and O–H groups in total. The van der Waals surface area contributed by atoms with Crippen LogP contribution in [0, 0.1) is 0 Å². The first-order chi connectivity index (χ1) is 7.20. The maximum Gasteiger partial charge on any atom is 0.230 e. The maximum atomic E-state index is 11.0. The second-order valence-corrected chi connectivity index (χ2v) is 3.63. The standard InChI is InChI=1S/C8H16N2O4S/c11-3-1-9-7(13)5-15-6-8(14)10-2-4-12/h11-12H,1-6H2,(H,9,13)(H,10,14). The van der Waals surface area contributed by atoms with Crippen LogP contribution in [0.4, 0.5) is 0 Å². The number of rotatable bonds is 8. The van der Waals surface area contributed by atoms with Crippen molar-refractivity contribution in [3.05, 3.63) is 0 Å². The molecule has 0 aliphatic carbocycles. The summed E-state index contributed by atoms with van der Waals surface area (Å²) in [5, 5.41) is 21.8. The fourth-order valence-corrected chi connectivity index (χ4v) is 1.41. The highest BCUT2D eigenvalue weighted by atomic mass is 32.2. The van der Waals surface area contributed by atoms with E-state index in [-0.39, 0.29) is 49.6 Å². The van der Waals surface area contributed by atoms with Crippen molar-refractivity contribution in [3.63, 3.8) is 0 Å². The largest absolute Gasteiger partial charge is 0.395 e. The Morgan fingerprint density at radius 2 is 1.33 bits per heavy atom. The molecule has 0 atom stereocenters. The third-order valence-corrected chi connectivity index (χ3v) is 2.27. The lowest BCUT2D eigenvalue weighted by atomic mass is 10.6. The van der Waals surface area contributed by atoms with Crippen molar-refractivity contribution in [3.8, 4) is 0 Å². The van der Waals surface area contributed by atoms with Gasteiger partial charge < -0.3 is 20.8 Å². The summed E-state index contributed by atoms with van der Waals surface area (Å²) in [5.41, 5.74) is 0. The highest BCUT2D eigenvalue weighted by Gasteiger charge is 2.04. The Morgan fingerprint density at radius 1 is 0.933 bits per heavy atom. The monoisotopic (exact) mass is 236 g/mol. The van der Waals surface area contributed by atoms with Crippen LogP contribution in [0.2, 0.25) is 0 Å². The summed E-state index contributed by atoms with van der Waals surface area (Å²) in [6, 6.07) is 0. The quantitative estimate of drug-likeness (QED) is 0.388. The zero-order chi connectivity index (χ0) is 11.5. The van der Waals surface area contributed by atoms with Crippen LogP contribution in [0.1, 0.15) is 0 Å². The van der Waals surface area contributed by atoms with Gasteiger partial charge in [0.2, 0.25) is 11.8 Å². The molecule has 2 amide bonds. The first kappa shape index (κ1) is 14.2. The molecule has 0 heterocycles. The number of aliphatic hydroxyl groups is 2. The molecular formula is C8H16N2O4S. The van der Waals surface area contributed by atoms with Gasteiger partial charge in [0.05, 0.1) is 24.7 Å². The van der Waals surface area contributed by atoms with Gasteiger partial charge in [-0.1, -0.05) is 0 Å². The van der Waals surface area contributed by atoms with Crippen LogP contribution in [-0.2, 0) is 9.59 Å². The average Bonchev–Trinajstić information content (AvgIpc) is 2.23. The molecule has 0 saturated heterocycles. The Morgan fingerprint density at radius 3 is 1.67 bits per heavy atom. The van der Waals surface area contributed by atoms with Crippen molar-refractivity contribution in [1.29, 1.82) is 0 Å². The smallest absolute Gasteiger partial charge is 0.230 e. The van der Waals surface area contributed by atoms with E-state index < -0.39 is 0 Å². The van der Waals surface area contributed by atoms with Crippen LogP contribution < -0.4 is 10.6 Å². The molecule has 0 saturated carbocycles. The molecule has 0 fully saturated rings. The van der Waals surface area contributed by atoms with E-state index in [4.69, 9.17) is 10.2 Å². The number of amides is 2. The second kappa shape index (κ2) is 9.75. The molecule has 0 aliphatic rings. The van der Waals surface area contributed by atoms with Gasteiger partial charge >= 0.3 is 0 Å². The van der Waals surface area contributed by atoms with Crippen molar-refractivity contribution in [1.82, 2.24) is 10.6 Å². The topological polar surface area (TPSA) is 98.7 Å². The van der Waals surface area contributed by atoms with Gasteiger partial charge in [-0.15, -0.1) is 11.8 Å². The fraction of sp³-hybridized carbons (Fsp3) is 0.750. The van der Waals surface area contributed by atoms with Crippen molar-refractivity contribution in [2.75, 3.05) is 37.8 Å². The number of aliphatic hydroxyl groups excluding tert-OH is 2. The molecule has 0 bridgehead atoms. The van der Waals surface area contributed by atoms with Crippen LogP contribution in [0.5, 0.6) is 0 Å². The lowest BCUT2D eigenvalue weighted by Gasteiger charge is -2.03. The average molecular weight is 236 g/mol. The third kappa shape index (κ3) is 9.51. The van der Waals surface area contributed by atoms with Gasteiger partial charge in [-0.2, -0.15) is 0 Å². The first-order valence-corrected chi connectivity index (χ1v) is 5.69. The van der Waals surface area contributed by atoms with Gasteiger partial charge in [-0.05, 0) is 0 Å². The number of nitrogens with one attached hydrogen (secondary N) is 2. The molecule has 0 rings (SSSR count). The Kier molecular flexibility index (Phi) is 9.24. The molecule has 0 spiro atoms. The predicted octanol–water partition coefficient (Wildman–Crippen LogP) is -2.06. The zero-order valence-corrected chi connectivity index (χ0v) is 9.18. The van der Waals surface area contributed by atoms with Crippen LogP contribution in [0.15, 0.2) is 0 Å². The summed E-state index contributed by atoms with van der Waals surface area (Å²) in [6.45, 7) is 0.285. The Balaban J connectivity index is 3.36. The van der Waals surface area contributed by atoms with Gasteiger partial charge in [0.1, 0.15) is 0 Å². The van der Waals surface area contributed by atoms with E-state index >= 15 is 0 Å². The van der Waals surface area contributed by atoms with Gasteiger partial charge in [0.25, 0.3) is 0 Å². The van der Waals surface area contributed by atoms with E-state index in [2.05, 4.69) is 10.6 Å². The molecule has 6 nitrogen and oxygen atoms in total. The summed E-state index contributed by atoms with van der Waals surface area (Å²) in [4.78, 5) is 22.0. The molecule has 0 aromatic rings. The summed E-state index contributed by atoms with van der Waals surface area (Å²) in [6.07, 6.45) is 0. The molecule has 0 aromatic carbocycles. The summed E-state index contributed by atoms with van der Waals surface area (Å²) in [7, 11) is 0. The minimum atomic E-state index is -0.205. The Labute approximate surface area is 92.4 Å². The Bertz CT molecular complexity index is 181. The molecule has 7 heteroatoms. The van der Waals surface area contributed by atoms with Crippen LogP contribution in [0.25, 0.3) is 0 Å². The highest BCUT2D eigenvalue weighted by molar-refractivity contribution is 8.00. The molecule has 0 unspecified atom stereocenters. The molecular weight excluding hydrogens is 220 g/mol. The number of hydrogen-bond donors (Lipinski definition) is 4. The van der Waals surface area contributed by atoms with Crippen molar-refractivity contribution < 1.29 is 19.8 Å². The van der Waals surface area contributed by atoms with Crippen molar-refractivity contribution in [2.24, 2.45) is 0 Å². The van der Waals surface area contributed by atoms with E-state index in [1.165, 1.54) is 11.8 Å². The summed E-state index contributed by atoms with van der Waals surface area (Å²) >= 11 is 1.18. The van der Waals surface area contributed by atoms with Crippen LogP contribution in [0.3, 0.4) is 0 Å². The maximum absolute atomic E-state index is 11.0. The van der Waals surface area contributed by atoms with Crippen molar-refractivity contribution in [2.45, 2.75) is 0 Å². The van der Waals surface area contributed by atoms with Crippen LogP contribution in [-0.4, -0.2) is 59.8 Å². The minimum Gasteiger partial charge on any atom is -0.395 e. The number of carbonyl (C=O) groups is 2. The van der Waals surface area contributed by atoms with Crippen LogP contribution >= 0.6 is 11.8 Å². The molecule has 0 radical (unpaired) electrons. The third-order valence-electron chi connectivity index (χ3n) is 1.33. The summed E-state index contributed by atoms with van der Waals surface area (Å²) in [5.74, 6) is -0.0351. The molecule has 0 aromatic heterocycles. The van der Waals surface area contributed by atoms with Gasteiger partial charge in [0, 0.05) is 13.1 Å². The lowest BCUT2D eigenvalue weighted by molar-refractivity contribution is -0.119. The van der Waals surface area contributed by atoms with Gasteiger partial charge in [-0.3, -0.25) is 9.59 Å². The molecule has 0 aliphatic heterocycles. The Hall–Kier alpha value is -0.790. The SMILES string of the molecule is O=C(CSCC(=O)NCCO)NCCO. The van der Waals surface area contributed by atoms with Gasteiger partial charge in [-0.25, -0.2) is 0 Å². The highest BCUT2D eigenvalue weighted by Crippen LogP contribution is 1.97.